The second kappa shape index (κ2) is 11.1. The van der Waals surface area contributed by atoms with Gasteiger partial charge in [0.25, 0.3) is 0 Å². The Labute approximate surface area is 213 Å². The summed E-state index contributed by atoms with van der Waals surface area (Å²) in [4.78, 5) is 12.5. The van der Waals surface area contributed by atoms with Crippen molar-refractivity contribution in [1.29, 1.82) is 0 Å². The lowest BCUT2D eigenvalue weighted by Crippen LogP contribution is -2.36. The Bertz CT molecular complexity index is 1130. The van der Waals surface area contributed by atoms with Gasteiger partial charge in [0.2, 0.25) is 0 Å². The molecule has 2 aromatic heterocycles. The van der Waals surface area contributed by atoms with E-state index >= 15 is 0 Å². The van der Waals surface area contributed by atoms with Gasteiger partial charge in [-0.05, 0) is 96.5 Å². The van der Waals surface area contributed by atoms with E-state index < -0.39 is 0 Å². The Morgan fingerprint density at radius 2 is 1.86 bits per heavy atom. The molecule has 2 saturated heterocycles. The van der Waals surface area contributed by atoms with Gasteiger partial charge in [-0.1, -0.05) is 0 Å². The number of piperidine rings is 1. The van der Waals surface area contributed by atoms with Crippen molar-refractivity contribution in [2.75, 3.05) is 58.8 Å². The fraction of sp³-hybridized carbons (Fsp3) is 0.536. The second-order valence-corrected chi connectivity index (χ2v) is 11.2. The van der Waals surface area contributed by atoms with E-state index in [0.29, 0.717) is 12.6 Å². The molecule has 0 bridgehead atoms. The van der Waals surface area contributed by atoms with Crippen molar-refractivity contribution >= 4 is 27.9 Å². The second-order valence-electron chi connectivity index (χ2n) is 9.96. The van der Waals surface area contributed by atoms with E-state index in [4.69, 9.17) is 14.5 Å². The minimum atomic E-state index is 0.460. The molecule has 0 saturated carbocycles. The van der Waals surface area contributed by atoms with Gasteiger partial charge < -0.3 is 24.6 Å². The van der Waals surface area contributed by atoms with Gasteiger partial charge in [0, 0.05) is 34.6 Å². The van der Waals surface area contributed by atoms with Crippen LogP contribution < -0.4 is 14.8 Å². The zero-order chi connectivity index (χ0) is 24.2. The molecule has 0 aliphatic carbocycles. The van der Waals surface area contributed by atoms with Crippen LogP contribution in [0, 0.1) is 6.92 Å². The summed E-state index contributed by atoms with van der Waals surface area (Å²) in [6.07, 6.45) is 5.95. The van der Waals surface area contributed by atoms with Crippen molar-refractivity contribution in [2.24, 2.45) is 0 Å². The highest BCUT2D eigenvalue weighted by Crippen LogP contribution is 2.38. The van der Waals surface area contributed by atoms with Gasteiger partial charge in [0.1, 0.15) is 0 Å². The predicted molar refractivity (Wildman–Crippen MR) is 146 cm³/mol. The molecule has 7 heteroatoms. The van der Waals surface area contributed by atoms with Gasteiger partial charge >= 0.3 is 0 Å². The third-order valence-electron chi connectivity index (χ3n) is 7.24. The summed E-state index contributed by atoms with van der Waals surface area (Å²) in [6.45, 7) is 8.62. The van der Waals surface area contributed by atoms with Crippen LogP contribution in [0.25, 0.3) is 21.5 Å². The molecule has 0 amide bonds. The number of pyridine rings is 1. The molecular weight excluding hydrogens is 456 g/mol. The van der Waals surface area contributed by atoms with E-state index in [1.165, 1.54) is 35.7 Å². The standard InChI is InChI=1S/C28H38N4O2S/c1-20-7-8-28(35-20)25-18-23(29-21-9-14-31(2)15-10-21)22-17-26(33-3)27(19-24(22)30-25)34-16-6-13-32-11-4-5-12-32/h7-8,17-19,21H,4-6,9-16H2,1-3H3,(H,29,30). The third-order valence-corrected chi connectivity index (χ3v) is 8.26. The van der Waals surface area contributed by atoms with Gasteiger partial charge in [-0.3, -0.25) is 0 Å². The summed E-state index contributed by atoms with van der Waals surface area (Å²) in [5.74, 6) is 1.55. The first-order valence-corrected chi connectivity index (χ1v) is 13.8. The van der Waals surface area contributed by atoms with Crippen LogP contribution in [0.15, 0.2) is 30.3 Å². The quantitative estimate of drug-likeness (QED) is 0.388. The maximum atomic E-state index is 6.23. The molecule has 0 spiro atoms. The van der Waals surface area contributed by atoms with Crippen molar-refractivity contribution in [2.45, 2.75) is 45.1 Å². The van der Waals surface area contributed by atoms with Crippen LogP contribution in [0.1, 0.15) is 37.0 Å². The lowest BCUT2D eigenvalue weighted by Gasteiger charge is -2.30. The van der Waals surface area contributed by atoms with E-state index in [2.05, 4.69) is 59.4 Å². The Morgan fingerprint density at radius 3 is 2.57 bits per heavy atom. The Hall–Kier alpha value is -2.35. The molecule has 0 radical (unpaired) electrons. The minimum Gasteiger partial charge on any atom is -0.493 e. The maximum absolute atomic E-state index is 6.23. The van der Waals surface area contributed by atoms with Crippen LogP contribution >= 0.6 is 11.3 Å². The normalized spacial score (nSPS) is 17.8. The summed E-state index contributed by atoms with van der Waals surface area (Å²) < 4.78 is 12.0. The summed E-state index contributed by atoms with van der Waals surface area (Å²) in [5, 5.41) is 4.94. The number of anilines is 1. The molecule has 2 fully saturated rings. The number of aromatic nitrogens is 1. The van der Waals surface area contributed by atoms with Crippen molar-refractivity contribution < 1.29 is 9.47 Å². The Balaban J connectivity index is 1.43. The average Bonchev–Trinajstić information content (AvgIpc) is 3.54. The van der Waals surface area contributed by atoms with Crippen LogP contribution in [0.5, 0.6) is 11.5 Å². The van der Waals surface area contributed by atoms with Crippen LogP contribution in [0.3, 0.4) is 0 Å². The van der Waals surface area contributed by atoms with Crippen LogP contribution in [-0.2, 0) is 0 Å². The molecule has 2 aliphatic rings. The zero-order valence-electron chi connectivity index (χ0n) is 21.3. The first-order valence-electron chi connectivity index (χ1n) is 13.0. The molecule has 0 unspecified atom stereocenters. The van der Waals surface area contributed by atoms with Gasteiger partial charge in [-0.2, -0.15) is 0 Å². The number of rotatable bonds is 9. The number of likely N-dealkylation sites (tertiary alicyclic amines) is 2. The summed E-state index contributed by atoms with van der Waals surface area (Å²) in [7, 11) is 3.92. The minimum absolute atomic E-state index is 0.460. The van der Waals surface area contributed by atoms with E-state index in [1.807, 2.05) is 0 Å². The van der Waals surface area contributed by atoms with Crippen LogP contribution in [-0.4, -0.2) is 74.3 Å². The van der Waals surface area contributed by atoms with Crippen molar-refractivity contribution in [3.63, 3.8) is 0 Å². The predicted octanol–water partition coefficient (Wildman–Crippen LogP) is 5.65. The molecule has 188 valence electrons. The smallest absolute Gasteiger partial charge is 0.163 e. The van der Waals surface area contributed by atoms with Gasteiger partial charge in [0.05, 0.1) is 29.8 Å². The number of hydrogen-bond donors (Lipinski definition) is 1. The number of thiophene rings is 1. The third kappa shape index (κ3) is 5.90. The monoisotopic (exact) mass is 494 g/mol. The molecule has 1 N–H and O–H groups in total. The number of nitrogens with zero attached hydrogens (tertiary/aromatic N) is 3. The first-order chi connectivity index (χ1) is 17.1. The largest absolute Gasteiger partial charge is 0.493 e. The molecule has 4 heterocycles. The number of nitrogens with one attached hydrogen (secondary N) is 1. The SMILES string of the molecule is COc1cc2c(NC3CCN(C)CC3)cc(-c3ccc(C)s3)nc2cc1OCCCN1CCCC1. The molecule has 3 aromatic rings. The summed E-state index contributed by atoms with van der Waals surface area (Å²) in [6, 6.07) is 11.2. The number of methoxy groups -OCH3 is 1. The van der Waals surface area contributed by atoms with E-state index in [9.17, 15) is 0 Å². The highest BCUT2D eigenvalue weighted by molar-refractivity contribution is 7.15. The lowest BCUT2D eigenvalue weighted by molar-refractivity contribution is 0.254. The molecule has 0 atom stereocenters. The molecule has 2 aliphatic heterocycles. The van der Waals surface area contributed by atoms with Gasteiger partial charge in [-0.15, -0.1) is 11.3 Å². The van der Waals surface area contributed by atoms with E-state index in [0.717, 1.165) is 72.7 Å². The molecule has 5 rings (SSSR count). The molecule has 6 nitrogen and oxygen atoms in total. The number of hydrogen-bond acceptors (Lipinski definition) is 7. The van der Waals surface area contributed by atoms with Crippen molar-refractivity contribution in [3.05, 3.63) is 35.2 Å². The first kappa shape index (κ1) is 24.3. The fourth-order valence-corrected chi connectivity index (χ4v) is 6.00. The number of aryl methyl sites for hydroxylation is 1. The van der Waals surface area contributed by atoms with Gasteiger partial charge in [-0.25, -0.2) is 4.98 Å². The Kier molecular flexibility index (Phi) is 7.75. The maximum Gasteiger partial charge on any atom is 0.163 e. The molecule has 35 heavy (non-hydrogen) atoms. The number of fused-ring (bicyclic) bond motifs is 1. The van der Waals surface area contributed by atoms with Crippen molar-refractivity contribution in [3.8, 4) is 22.1 Å². The van der Waals surface area contributed by atoms with Gasteiger partial charge in [0.15, 0.2) is 11.5 Å². The molecule has 1 aromatic carbocycles. The fourth-order valence-electron chi connectivity index (χ4n) is 5.17. The Morgan fingerprint density at radius 1 is 1.06 bits per heavy atom. The highest BCUT2D eigenvalue weighted by Gasteiger charge is 2.20. The van der Waals surface area contributed by atoms with Crippen molar-refractivity contribution in [1.82, 2.24) is 14.8 Å². The summed E-state index contributed by atoms with van der Waals surface area (Å²) >= 11 is 1.79. The topological polar surface area (TPSA) is 49.9 Å². The summed E-state index contributed by atoms with van der Waals surface area (Å²) in [5.41, 5.74) is 3.08. The molecular formula is C28H38N4O2S. The highest BCUT2D eigenvalue weighted by atomic mass is 32.1. The van der Waals surface area contributed by atoms with Crippen LogP contribution in [0.2, 0.25) is 0 Å². The van der Waals surface area contributed by atoms with Crippen LogP contribution in [0.4, 0.5) is 5.69 Å². The lowest BCUT2D eigenvalue weighted by atomic mass is 10.0. The number of ether oxygens (including phenoxy) is 2. The zero-order valence-corrected chi connectivity index (χ0v) is 22.1. The van der Waals surface area contributed by atoms with E-state index in [1.54, 1.807) is 18.4 Å². The average molecular weight is 495 g/mol. The number of benzene rings is 1. The van der Waals surface area contributed by atoms with E-state index in [-0.39, 0.29) is 0 Å².